The second-order valence-electron chi connectivity index (χ2n) is 10.1. The van der Waals surface area contributed by atoms with Crippen LogP contribution in [0.15, 0.2) is 48.9 Å². The van der Waals surface area contributed by atoms with Crippen LogP contribution in [0.1, 0.15) is 42.7 Å². The molecule has 7 heteroatoms. The third-order valence-electron chi connectivity index (χ3n) is 8.22. The maximum Gasteiger partial charge on any atom is 0.123 e. The number of piperazine rings is 1. The van der Waals surface area contributed by atoms with Crippen LogP contribution in [0.5, 0.6) is 5.75 Å². The van der Waals surface area contributed by atoms with E-state index >= 15 is 0 Å². The van der Waals surface area contributed by atoms with Crippen LogP contribution in [-0.2, 0) is 7.05 Å². The highest BCUT2D eigenvalue weighted by atomic mass is 16.5. The topological polar surface area (TPSA) is 70.2 Å². The predicted molar refractivity (Wildman–Crippen MR) is 143 cm³/mol. The van der Waals surface area contributed by atoms with Crippen molar-refractivity contribution in [2.24, 2.45) is 7.05 Å². The molecule has 0 spiro atoms. The smallest absolute Gasteiger partial charge is 0.123 e. The summed E-state index contributed by atoms with van der Waals surface area (Å²) in [7, 11) is 3.82. The van der Waals surface area contributed by atoms with Gasteiger partial charge in [-0.25, -0.2) is 0 Å². The molecule has 1 aliphatic heterocycles. The van der Waals surface area contributed by atoms with Gasteiger partial charge in [-0.3, -0.25) is 14.9 Å². The lowest BCUT2D eigenvalue weighted by Gasteiger charge is -2.42. The van der Waals surface area contributed by atoms with Gasteiger partial charge >= 0.3 is 0 Å². The summed E-state index contributed by atoms with van der Waals surface area (Å²) in [6.07, 6.45) is 10.7. The van der Waals surface area contributed by atoms with Crippen LogP contribution in [0, 0.1) is 11.3 Å². The van der Waals surface area contributed by atoms with Crippen LogP contribution in [-0.4, -0.2) is 58.8 Å². The number of ether oxygens (including phenoxy) is 1. The van der Waals surface area contributed by atoms with Gasteiger partial charge in [-0.2, -0.15) is 5.26 Å². The number of methoxy groups -OCH3 is 1. The first-order valence-electron chi connectivity index (χ1n) is 12.9. The Morgan fingerprint density at radius 2 is 1.75 bits per heavy atom. The van der Waals surface area contributed by atoms with Gasteiger partial charge in [0.05, 0.1) is 29.9 Å². The molecule has 0 amide bonds. The summed E-state index contributed by atoms with van der Waals surface area (Å²) >= 11 is 0. The van der Waals surface area contributed by atoms with E-state index in [1.54, 1.807) is 19.5 Å². The lowest BCUT2D eigenvalue weighted by Crippen LogP contribution is -2.51. The van der Waals surface area contributed by atoms with Crippen LogP contribution in [0.25, 0.3) is 21.9 Å². The maximum atomic E-state index is 9.38. The van der Waals surface area contributed by atoms with Gasteiger partial charge < -0.3 is 14.2 Å². The van der Waals surface area contributed by atoms with E-state index in [0.29, 0.717) is 12.0 Å². The van der Waals surface area contributed by atoms with E-state index in [1.807, 2.05) is 12.1 Å². The quantitative estimate of drug-likeness (QED) is 0.416. The summed E-state index contributed by atoms with van der Waals surface area (Å²) in [6, 6.07) is 13.1. The summed E-state index contributed by atoms with van der Waals surface area (Å²) in [5.74, 6) is 1.40. The molecule has 0 N–H and O–H groups in total. The molecule has 0 radical (unpaired) electrons. The number of hydrogen-bond donors (Lipinski definition) is 0. The minimum Gasteiger partial charge on any atom is -0.497 e. The molecule has 4 aromatic rings. The van der Waals surface area contributed by atoms with E-state index in [-0.39, 0.29) is 0 Å². The first-order valence-corrected chi connectivity index (χ1v) is 12.9. The zero-order valence-electron chi connectivity index (χ0n) is 21.0. The summed E-state index contributed by atoms with van der Waals surface area (Å²) in [5.41, 5.74) is 6.32. The van der Waals surface area contributed by atoms with Crippen molar-refractivity contribution in [1.82, 2.24) is 19.4 Å². The number of aryl methyl sites for hydroxylation is 1. The third kappa shape index (κ3) is 4.06. The number of aromatic nitrogens is 3. The zero-order chi connectivity index (χ0) is 24.6. The van der Waals surface area contributed by atoms with Crippen LogP contribution >= 0.6 is 0 Å². The van der Waals surface area contributed by atoms with Crippen molar-refractivity contribution in [2.75, 3.05) is 38.2 Å². The van der Waals surface area contributed by atoms with Gasteiger partial charge in [-0.1, -0.05) is 0 Å². The largest absolute Gasteiger partial charge is 0.497 e. The van der Waals surface area contributed by atoms with Gasteiger partial charge in [-0.05, 0) is 55.4 Å². The number of nitrogens with zero attached hydrogens (tertiary/aromatic N) is 6. The molecule has 7 nitrogen and oxygen atoms in total. The number of rotatable bonds is 4. The fraction of sp³-hybridized carbons (Fsp3) is 0.414. The summed E-state index contributed by atoms with van der Waals surface area (Å²) in [6.45, 7) is 4.10. The molecular weight excluding hydrogens is 448 g/mol. The Morgan fingerprint density at radius 1 is 0.972 bits per heavy atom. The maximum absolute atomic E-state index is 9.38. The van der Waals surface area contributed by atoms with Gasteiger partial charge in [0.1, 0.15) is 11.3 Å². The molecule has 1 saturated carbocycles. The average molecular weight is 481 g/mol. The molecule has 36 heavy (non-hydrogen) atoms. The Labute approximate surface area is 211 Å². The molecule has 0 atom stereocenters. The first kappa shape index (κ1) is 22.8. The van der Waals surface area contributed by atoms with Crippen LogP contribution in [0.4, 0.5) is 5.69 Å². The molecule has 2 aliphatic rings. The average Bonchev–Trinajstić information content (AvgIpc) is 3.28. The fourth-order valence-corrected chi connectivity index (χ4v) is 6.29. The number of hydrogen-bond acceptors (Lipinski definition) is 6. The van der Waals surface area contributed by atoms with E-state index in [9.17, 15) is 5.26 Å². The Balaban J connectivity index is 1.12. The van der Waals surface area contributed by atoms with Crippen LogP contribution in [0.2, 0.25) is 0 Å². The monoisotopic (exact) mass is 480 g/mol. The van der Waals surface area contributed by atoms with Crippen molar-refractivity contribution in [1.29, 1.82) is 5.26 Å². The second-order valence-corrected chi connectivity index (χ2v) is 10.1. The highest BCUT2D eigenvalue weighted by Crippen LogP contribution is 2.39. The summed E-state index contributed by atoms with van der Waals surface area (Å²) in [5, 5.41) is 10.6. The Kier molecular flexibility index (Phi) is 5.98. The van der Waals surface area contributed by atoms with E-state index in [0.717, 1.165) is 54.2 Å². The zero-order valence-corrected chi connectivity index (χ0v) is 21.0. The molecule has 0 bridgehead atoms. The van der Waals surface area contributed by atoms with Gasteiger partial charge in [0.15, 0.2) is 0 Å². The van der Waals surface area contributed by atoms with Gasteiger partial charge in [0.2, 0.25) is 0 Å². The molecule has 2 aromatic carbocycles. The fourth-order valence-electron chi connectivity index (χ4n) is 6.29. The molecule has 6 rings (SSSR count). The molecule has 2 fully saturated rings. The molecule has 3 heterocycles. The number of benzene rings is 2. The van der Waals surface area contributed by atoms with Gasteiger partial charge in [0, 0.05) is 80.9 Å². The third-order valence-corrected chi connectivity index (χ3v) is 8.22. The second kappa shape index (κ2) is 9.44. The lowest BCUT2D eigenvalue weighted by molar-refractivity contribution is 0.141. The normalized spacial score (nSPS) is 21.1. The number of fused-ring (bicyclic) bond motifs is 2. The molecule has 1 aliphatic carbocycles. The molecule has 2 aromatic heterocycles. The van der Waals surface area contributed by atoms with E-state index in [4.69, 9.17) is 4.74 Å². The van der Waals surface area contributed by atoms with Crippen molar-refractivity contribution in [2.45, 2.75) is 37.6 Å². The molecule has 0 unspecified atom stereocenters. The highest BCUT2D eigenvalue weighted by molar-refractivity contribution is 5.90. The van der Waals surface area contributed by atoms with E-state index in [1.165, 1.54) is 42.1 Å². The summed E-state index contributed by atoms with van der Waals surface area (Å²) in [4.78, 5) is 14.2. The van der Waals surface area contributed by atoms with E-state index < -0.39 is 0 Å². The predicted octanol–water partition coefficient (Wildman–Crippen LogP) is 4.85. The van der Waals surface area contributed by atoms with Crippen LogP contribution < -0.4 is 9.64 Å². The first-order chi connectivity index (χ1) is 17.6. The van der Waals surface area contributed by atoms with Crippen molar-refractivity contribution < 1.29 is 4.74 Å². The lowest BCUT2D eigenvalue weighted by atomic mass is 9.81. The highest BCUT2D eigenvalue weighted by Gasteiger charge is 2.30. The number of anilines is 1. The minimum atomic E-state index is 0.571. The number of nitriles is 1. The van der Waals surface area contributed by atoms with E-state index in [2.05, 4.69) is 61.8 Å². The van der Waals surface area contributed by atoms with Gasteiger partial charge in [0.25, 0.3) is 0 Å². The van der Waals surface area contributed by atoms with Gasteiger partial charge in [-0.15, -0.1) is 0 Å². The van der Waals surface area contributed by atoms with Crippen molar-refractivity contribution in [3.05, 3.63) is 60.0 Å². The van der Waals surface area contributed by atoms with Crippen molar-refractivity contribution >= 4 is 27.6 Å². The van der Waals surface area contributed by atoms with Crippen molar-refractivity contribution in [3.63, 3.8) is 0 Å². The van der Waals surface area contributed by atoms with Crippen LogP contribution in [0.3, 0.4) is 0 Å². The standard InChI is InChI=1S/C29H32N6O/c1-33-19-25(24-15-20(18-30)3-8-27(24)33)21-4-6-22(7-5-21)34-11-13-35(14-12-34)28-17-23(36-2)16-26-29(28)32-10-9-31-26/h3,8-10,15-17,19,21-22H,4-7,11-14H2,1-2H3/t21-,22-. The molecular formula is C29H32N6O. The Hall–Kier alpha value is -3.63. The molecule has 184 valence electrons. The SMILES string of the molecule is COc1cc(N2CCN([C@H]3CC[C@H](c4cn(C)c5ccc(C#N)cc54)CC3)CC2)c2nccnc2c1. The Bertz CT molecular complexity index is 1440. The molecule has 1 saturated heterocycles. The minimum absolute atomic E-state index is 0.571. The summed E-state index contributed by atoms with van der Waals surface area (Å²) < 4.78 is 7.75. The van der Waals surface area contributed by atoms with Crippen molar-refractivity contribution in [3.8, 4) is 11.8 Å². The Morgan fingerprint density at radius 3 is 2.50 bits per heavy atom.